The number of rotatable bonds is 3. The lowest BCUT2D eigenvalue weighted by Gasteiger charge is -1.99. The molecule has 1 N–H and O–H groups in total. The normalized spacial score (nSPS) is 11.0. The smallest absolute Gasteiger partial charge is 0.155 e. The van der Waals surface area contributed by atoms with Crippen LogP contribution >= 0.6 is 0 Å². The van der Waals surface area contributed by atoms with E-state index in [0.717, 1.165) is 29.9 Å². The third-order valence-corrected chi connectivity index (χ3v) is 2.16. The van der Waals surface area contributed by atoms with E-state index in [2.05, 4.69) is 22.3 Å². The summed E-state index contributed by atoms with van der Waals surface area (Å²) in [5, 5.41) is 7.49. The molecule has 0 amide bonds. The molecule has 0 aliphatic rings. The van der Waals surface area contributed by atoms with Gasteiger partial charge in [0, 0.05) is 30.6 Å². The zero-order chi connectivity index (χ0) is 9.97. The highest BCUT2D eigenvalue weighted by atomic mass is 15.2. The quantitative estimate of drug-likeness (QED) is 0.785. The predicted molar refractivity (Wildman–Crippen MR) is 55.1 cm³/mol. The molecule has 0 aliphatic heterocycles. The van der Waals surface area contributed by atoms with Crippen LogP contribution in [0.2, 0.25) is 0 Å². The van der Waals surface area contributed by atoms with Crippen LogP contribution in [0.4, 0.5) is 0 Å². The maximum absolute atomic E-state index is 4.40. The average molecular weight is 190 g/mol. The number of hydrogen-bond donors (Lipinski definition) is 1. The Bertz CT molecular complexity index is 433. The Kier molecular flexibility index (Phi) is 2.45. The van der Waals surface area contributed by atoms with Gasteiger partial charge >= 0.3 is 0 Å². The van der Waals surface area contributed by atoms with Crippen molar-refractivity contribution in [3.63, 3.8) is 0 Å². The lowest BCUT2D eigenvalue weighted by molar-refractivity contribution is 0.790. The van der Waals surface area contributed by atoms with Crippen LogP contribution < -0.4 is 5.32 Å². The van der Waals surface area contributed by atoms with Crippen LogP contribution in [0.25, 0.3) is 5.65 Å². The van der Waals surface area contributed by atoms with Gasteiger partial charge in [-0.3, -0.25) is 0 Å². The molecule has 0 atom stereocenters. The Morgan fingerprint density at radius 3 is 3.07 bits per heavy atom. The Hall–Kier alpha value is -1.42. The molecule has 0 saturated heterocycles. The Balaban J connectivity index is 2.43. The lowest BCUT2D eigenvalue weighted by Crippen LogP contribution is -2.06. The van der Waals surface area contributed by atoms with Gasteiger partial charge in [-0.2, -0.15) is 5.10 Å². The summed E-state index contributed by atoms with van der Waals surface area (Å²) in [6.45, 7) is 2.92. The highest BCUT2D eigenvalue weighted by Gasteiger charge is 2.01. The SMILES string of the molecule is CCc1cc2ncc(CNC)cn2n1. The monoisotopic (exact) mass is 190 g/mol. The van der Waals surface area contributed by atoms with Crippen molar-refractivity contribution in [2.75, 3.05) is 7.05 Å². The van der Waals surface area contributed by atoms with Crippen LogP contribution in [0.15, 0.2) is 18.5 Å². The van der Waals surface area contributed by atoms with E-state index >= 15 is 0 Å². The molecule has 0 unspecified atom stereocenters. The molecule has 4 nitrogen and oxygen atoms in total. The van der Waals surface area contributed by atoms with Crippen molar-refractivity contribution in [1.29, 1.82) is 0 Å². The third kappa shape index (κ3) is 1.61. The van der Waals surface area contributed by atoms with Gasteiger partial charge in [-0.15, -0.1) is 0 Å². The molecule has 2 aromatic rings. The first kappa shape index (κ1) is 9.15. The predicted octanol–water partition coefficient (Wildman–Crippen LogP) is 1.01. The zero-order valence-electron chi connectivity index (χ0n) is 8.49. The lowest BCUT2D eigenvalue weighted by atomic mass is 10.3. The topological polar surface area (TPSA) is 42.2 Å². The third-order valence-electron chi connectivity index (χ3n) is 2.16. The number of nitrogens with zero attached hydrogens (tertiary/aromatic N) is 3. The van der Waals surface area contributed by atoms with Gasteiger partial charge in [-0.05, 0) is 13.5 Å². The van der Waals surface area contributed by atoms with Crippen LogP contribution in [-0.2, 0) is 13.0 Å². The second-order valence-electron chi connectivity index (χ2n) is 3.28. The summed E-state index contributed by atoms with van der Waals surface area (Å²) in [5.41, 5.74) is 3.14. The number of aromatic nitrogens is 3. The molecule has 0 aliphatic carbocycles. The van der Waals surface area contributed by atoms with E-state index in [1.54, 1.807) is 0 Å². The van der Waals surface area contributed by atoms with E-state index in [1.807, 2.05) is 30.0 Å². The van der Waals surface area contributed by atoms with Crippen LogP contribution in [0, 0.1) is 0 Å². The first-order chi connectivity index (χ1) is 6.83. The minimum atomic E-state index is 0.824. The van der Waals surface area contributed by atoms with Gasteiger partial charge in [0.2, 0.25) is 0 Å². The van der Waals surface area contributed by atoms with Crippen molar-refractivity contribution in [1.82, 2.24) is 19.9 Å². The molecule has 14 heavy (non-hydrogen) atoms. The van der Waals surface area contributed by atoms with Crippen LogP contribution in [0.3, 0.4) is 0 Å². The fourth-order valence-electron chi connectivity index (χ4n) is 1.43. The Morgan fingerprint density at radius 1 is 1.50 bits per heavy atom. The summed E-state index contributed by atoms with van der Waals surface area (Å²) in [4.78, 5) is 4.33. The van der Waals surface area contributed by atoms with Crippen molar-refractivity contribution >= 4 is 5.65 Å². The summed E-state index contributed by atoms with van der Waals surface area (Å²) in [6.07, 6.45) is 4.84. The summed E-state index contributed by atoms with van der Waals surface area (Å²) in [6, 6.07) is 2.02. The second kappa shape index (κ2) is 3.75. The number of nitrogens with one attached hydrogen (secondary N) is 1. The van der Waals surface area contributed by atoms with Gasteiger partial charge in [0.25, 0.3) is 0 Å². The molecule has 0 radical (unpaired) electrons. The number of hydrogen-bond acceptors (Lipinski definition) is 3. The highest BCUT2D eigenvalue weighted by molar-refractivity contribution is 5.39. The summed E-state index contributed by atoms with van der Waals surface area (Å²) in [7, 11) is 1.92. The van der Waals surface area contributed by atoms with Gasteiger partial charge in [0.05, 0.1) is 5.69 Å². The summed E-state index contributed by atoms with van der Waals surface area (Å²) in [5.74, 6) is 0. The molecule has 2 aromatic heterocycles. The van der Waals surface area contributed by atoms with Gasteiger partial charge in [-0.1, -0.05) is 6.92 Å². The minimum Gasteiger partial charge on any atom is -0.316 e. The molecule has 4 heteroatoms. The number of fused-ring (bicyclic) bond motifs is 1. The molecule has 0 bridgehead atoms. The van der Waals surface area contributed by atoms with Crippen LogP contribution in [0.5, 0.6) is 0 Å². The number of aryl methyl sites for hydroxylation is 1. The van der Waals surface area contributed by atoms with E-state index in [9.17, 15) is 0 Å². The molecule has 0 aromatic carbocycles. The van der Waals surface area contributed by atoms with E-state index in [-0.39, 0.29) is 0 Å². The van der Waals surface area contributed by atoms with E-state index in [0.29, 0.717) is 0 Å². The van der Waals surface area contributed by atoms with Gasteiger partial charge in [-0.25, -0.2) is 9.50 Å². The van der Waals surface area contributed by atoms with Gasteiger partial charge < -0.3 is 5.32 Å². The van der Waals surface area contributed by atoms with Gasteiger partial charge in [0.1, 0.15) is 0 Å². The Morgan fingerprint density at radius 2 is 2.36 bits per heavy atom. The molecule has 74 valence electrons. The maximum atomic E-state index is 4.40. The van der Waals surface area contributed by atoms with Gasteiger partial charge in [0.15, 0.2) is 5.65 Å². The second-order valence-corrected chi connectivity index (χ2v) is 3.28. The van der Waals surface area contributed by atoms with Crippen molar-refractivity contribution < 1.29 is 0 Å². The van der Waals surface area contributed by atoms with Crippen LogP contribution in [-0.4, -0.2) is 21.6 Å². The average Bonchev–Trinajstić information content (AvgIpc) is 2.60. The molecular weight excluding hydrogens is 176 g/mol. The molecule has 2 heterocycles. The van der Waals surface area contributed by atoms with E-state index < -0.39 is 0 Å². The molecule has 0 fully saturated rings. The van der Waals surface area contributed by atoms with Crippen molar-refractivity contribution in [3.8, 4) is 0 Å². The Labute approximate surface area is 83.0 Å². The zero-order valence-corrected chi connectivity index (χ0v) is 8.49. The van der Waals surface area contributed by atoms with Crippen molar-refractivity contribution in [2.24, 2.45) is 0 Å². The molecular formula is C10H14N4. The van der Waals surface area contributed by atoms with E-state index in [1.165, 1.54) is 0 Å². The first-order valence-corrected chi connectivity index (χ1v) is 4.81. The first-order valence-electron chi connectivity index (χ1n) is 4.81. The van der Waals surface area contributed by atoms with Crippen molar-refractivity contribution in [2.45, 2.75) is 19.9 Å². The fourth-order valence-corrected chi connectivity index (χ4v) is 1.43. The molecule has 0 saturated carbocycles. The summed E-state index contributed by atoms with van der Waals surface area (Å²) < 4.78 is 1.84. The van der Waals surface area contributed by atoms with Crippen molar-refractivity contribution in [3.05, 3.63) is 29.7 Å². The van der Waals surface area contributed by atoms with E-state index in [4.69, 9.17) is 0 Å². The summed E-state index contributed by atoms with van der Waals surface area (Å²) >= 11 is 0. The standard InChI is InChI=1S/C10H14N4/c1-3-9-4-10-12-6-8(5-11-2)7-14(10)13-9/h4,6-7,11H,3,5H2,1-2H3. The molecule has 0 spiro atoms. The van der Waals surface area contributed by atoms with Crippen LogP contribution in [0.1, 0.15) is 18.2 Å². The minimum absolute atomic E-state index is 0.824. The fraction of sp³-hybridized carbons (Fsp3) is 0.400. The highest BCUT2D eigenvalue weighted by Crippen LogP contribution is 2.05. The largest absolute Gasteiger partial charge is 0.316 e. The maximum Gasteiger partial charge on any atom is 0.155 e. The molecule has 2 rings (SSSR count).